The molecule has 0 radical (unpaired) electrons. The van der Waals surface area contributed by atoms with Crippen molar-refractivity contribution in [3.05, 3.63) is 22.6 Å². The van der Waals surface area contributed by atoms with Gasteiger partial charge in [0.15, 0.2) is 0 Å². The van der Waals surface area contributed by atoms with Crippen LogP contribution in [0, 0.1) is 0 Å². The van der Waals surface area contributed by atoms with Gasteiger partial charge in [0.1, 0.15) is 0 Å². The highest BCUT2D eigenvalue weighted by Crippen LogP contribution is 2.32. The highest BCUT2D eigenvalue weighted by molar-refractivity contribution is 8.03. The maximum atomic E-state index is 4.23. The van der Waals surface area contributed by atoms with Crippen LogP contribution in [0.1, 0.15) is 6.42 Å². The topological polar surface area (TPSA) is 12.4 Å². The molecular weight excluding hydrogens is 142 g/mol. The summed E-state index contributed by atoms with van der Waals surface area (Å²) in [6.45, 7) is 0.926. The Bertz CT molecular complexity index is 225. The van der Waals surface area contributed by atoms with Crippen LogP contribution in [0.3, 0.4) is 0 Å². The van der Waals surface area contributed by atoms with Gasteiger partial charge in [-0.2, -0.15) is 0 Å². The van der Waals surface area contributed by atoms with E-state index in [1.165, 1.54) is 22.7 Å². The monoisotopic (exact) mass is 151 g/mol. The summed E-state index contributed by atoms with van der Waals surface area (Å²) in [7, 11) is 0. The molecule has 0 atom stereocenters. The summed E-state index contributed by atoms with van der Waals surface area (Å²) in [5.74, 6) is 1.25. The second-order valence-electron chi connectivity index (χ2n) is 2.42. The van der Waals surface area contributed by atoms with Crippen molar-refractivity contribution >= 4 is 18.0 Å². The van der Waals surface area contributed by atoms with Crippen LogP contribution in [0.5, 0.6) is 0 Å². The molecule has 0 aromatic carbocycles. The third-order valence-electron chi connectivity index (χ3n) is 1.73. The van der Waals surface area contributed by atoms with Crippen molar-refractivity contribution in [3.8, 4) is 0 Å². The van der Waals surface area contributed by atoms with E-state index in [-0.39, 0.29) is 0 Å². The molecule has 0 amide bonds. The van der Waals surface area contributed by atoms with Gasteiger partial charge >= 0.3 is 0 Å². The molecule has 10 heavy (non-hydrogen) atoms. The fourth-order valence-corrected chi connectivity index (χ4v) is 2.30. The summed E-state index contributed by atoms with van der Waals surface area (Å²) in [4.78, 5) is 5.69. The van der Waals surface area contributed by atoms with Gasteiger partial charge in [-0.1, -0.05) is 0 Å². The van der Waals surface area contributed by atoms with Gasteiger partial charge in [0, 0.05) is 16.9 Å². The molecule has 0 saturated carbocycles. The lowest BCUT2D eigenvalue weighted by Gasteiger charge is -1.93. The molecule has 2 heteroatoms. The van der Waals surface area contributed by atoms with E-state index < -0.39 is 0 Å². The molecule has 0 aromatic rings. The minimum absolute atomic E-state index is 0.926. The molecule has 0 fully saturated rings. The van der Waals surface area contributed by atoms with Crippen molar-refractivity contribution in [1.29, 1.82) is 0 Å². The van der Waals surface area contributed by atoms with E-state index in [0.29, 0.717) is 0 Å². The number of hydrogen-bond acceptors (Lipinski definition) is 2. The summed E-state index contributed by atoms with van der Waals surface area (Å²) in [5.41, 5.74) is 1.52. The van der Waals surface area contributed by atoms with Crippen LogP contribution in [-0.4, -0.2) is 18.5 Å². The first kappa shape index (κ1) is 6.23. The fraction of sp³-hybridized carbons (Fsp3) is 0.375. The van der Waals surface area contributed by atoms with Gasteiger partial charge in [0.2, 0.25) is 0 Å². The lowest BCUT2D eigenvalue weighted by molar-refractivity contribution is 1.04. The Morgan fingerprint density at radius 2 is 2.50 bits per heavy atom. The standard InChI is InChI=1S/C8H9NS/c1-2-8-7(3-5-10-8)6-9-4-1/h1-2,4H,3,5-6H2. The SMILES string of the molecule is C1=CC2=C(CCS2)CN=C1. The summed E-state index contributed by atoms with van der Waals surface area (Å²) < 4.78 is 0. The Kier molecular flexibility index (Phi) is 1.63. The Morgan fingerprint density at radius 1 is 1.50 bits per heavy atom. The molecule has 0 N–H and O–H groups in total. The highest BCUT2D eigenvalue weighted by atomic mass is 32.2. The van der Waals surface area contributed by atoms with Crippen LogP contribution >= 0.6 is 11.8 Å². The summed E-state index contributed by atoms with van der Waals surface area (Å²) in [5, 5.41) is 0. The molecule has 0 aliphatic carbocycles. The summed E-state index contributed by atoms with van der Waals surface area (Å²) >= 11 is 1.95. The zero-order valence-electron chi connectivity index (χ0n) is 5.71. The van der Waals surface area contributed by atoms with Crippen molar-refractivity contribution in [2.24, 2.45) is 4.99 Å². The van der Waals surface area contributed by atoms with Crippen LogP contribution in [0.2, 0.25) is 0 Å². The van der Waals surface area contributed by atoms with Gasteiger partial charge in [-0.3, -0.25) is 4.99 Å². The highest BCUT2D eigenvalue weighted by Gasteiger charge is 2.12. The minimum atomic E-state index is 0.926. The van der Waals surface area contributed by atoms with Gasteiger partial charge in [0.05, 0.1) is 6.54 Å². The van der Waals surface area contributed by atoms with Crippen LogP contribution in [0.25, 0.3) is 0 Å². The number of hydrogen-bond donors (Lipinski definition) is 0. The largest absolute Gasteiger partial charge is 0.289 e. The molecule has 2 aliphatic rings. The number of allylic oxidation sites excluding steroid dienone is 2. The van der Waals surface area contributed by atoms with E-state index in [4.69, 9.17) is 0 Å². The summed E-state index contributed by atoms with van der Waals surface area (Å²) in [6, 6.07) is 0. The van der Waals surface area contributed by atoms with Crippen molar-refractivity contribution in [1.82, 2.24) is 0 Å². The maximum Gasteiger partial charge on any atom is 0.0613 e. The molecule has 2 heterocycles. The Balaban J connectivity index is 2.30. The Morgan fingerprint density at radius 3 is 3.50 bits per heavy atom. The molecular formula is C8H9NS. The summed E-state index contributed by atoms with van der Waals surface area (Å²) in [6.07, 6.45) is 7.32. The zero-order valence-corrected chi connectivity index (χ0v) is 6.53. The first-order valence-electron chi connectivity index (χ1n) is 3.48. The van der Waals surface area contributed by atoms with E-state index in [0.717, 1.165) is 6.54 Å². The van der Waals surface area contributed by atoms with Gasteiger partial charge in [-0.05, 0) is 24.1 Å². The lowest BCUT2D eigenvalue weighted by Crippen LogP contribution is -1.85. The molecule has 2 aliphatic heterocycles. The third-order valence-corrected chi connectivity index (χ3v) is 2.88. The third kappa shape index (κ3) is 1.03. The number of rotatable bonds is 0. The van der Waals surface area contributed by atoms with Gasteiger partial charge in [0.25, 0.3) is 0 Å². The number of thioether (sulfide) groups is 1. The molecule has 0 spiro atoms. The van der Waals surface area contributed by atoms with E-state index in [1.54, 1.807) is 0 Å². The first-order chi connectivity index (χ1) is 4.97. The maximum absolute atomic E-state index is 4.23. The van der Waals surface area contributed by atoms with E-state index >= 15 is 0 Å². The van der Waals surface area contributed by atoms with E-state index in [2.05, 4.69) is 11.1 Å². The van der Waals surface area contributed by atoms with Crippen LogP contribution < -0.4 is 0 Å². The predicted octanol–water partition coefficient (Wildman–Crippen LogP) is 2.02. The molecule has 0 unspecified atom stereocenters. The zero-order chi connectivity index (χ0) is 6.81. The van der Waals surface area contributed by atoms with Gasteiger partial charge in [-0.15, -0.1) is 11.8 Å². The fourth-order valence-electron chi connectivity index (χ4n) is 1.19. The molecule has 0 aromatic heterocycles. The average Bonchev–Trinajstić information content (AvgIpc) is 2.28. The van der Waals surface area contributed by atoms with Crippen molar-refractivity contribution in [2.45, 2.75) is 6.42 Å². The van der Waals surface area contributed by atoms with Crippen LogP contribution in [0.4, 0.5) is 0 Å². The van der Waals surface area contributed by atoms with Crippen LogP contribution in [-0.2, 0) is 0 Å². The Labute approximate surface area is 64.9 Å². The molecule has 0 saturated heterocycles. The number of nitrogens with zero attached hydrogens (tertiary/aromatic N) is 1. The molecule has 1 nitrogen and oxygen atoms in total. The second-order valence-corrected chi connectivity index (χ2v) is 3.55. The lowest BCUT2D eigenvalue weighted by atomic mass is 10.2. The first-order valence-corrected chi connectivity index (χ1v) is 4.47. The van der Waals surface area contributed by atoms with E-state index in [1.807, 2.05) is 24.1 Å². The normalized spacial score (nSPS) is 23.2. The van der Waals surface area contributed by atoms with Crippen molar-refractivity contribution < 1.29 is 0 Å². The minimum Gasteiger partial charge on any atom is -0.289 e. The molecule has 2 rings (SSSR count). The average molecular weight is 151 g/mol. The van der Waals surface area contributed by atoms with Crippen LogP contribution in [0.15, 0.2) is 27.6 Å². The van der Waals surface area contributed by atoms with E-state index in [9.17, 15) is 0 Å². The predicted molar refractivity (Wildman–Crippen MR) is 46.6 cm³/mol. The smallest absolute Gasteiger partial charge is 0.0613 e. The van der Waals surface area contributed by atoms with Gasteiger partial charge < -0.3 is 0 Å². The molecule has 52 valence electrons. The van der Waals surface area contributed by atoms with Crippen molar-refractivity contribution in [3.63, 3.8) is 0 Å². The Hall–Kier alpha value is -0.500. The van der Waals surface area contributed by atoms with Gasteiger partial charge in [-0.25, -0.2) is 0 Å². The van der Waals surface area contributed by atoms with Crippen molar-refractivity contribution in [2.75, 3.05) is 12.3 Å². The second kappa shape index (κ2) is 2.62. The molecule has 0 bridgehead atoms. The quantitative estimate of drug-likeness (QED) is 0.516. The number of aliphatic imine (C=N–C) groups is 1.